The van der Waals surface area contributed by atoms with Gasteiger partial charge in [0.15, 0.2) is 0 Å². The van der Waals surface area contributed by atoms with Crippen molar-refractivity contribution >= 4 is 0 Å². The van der Waals surface area contributed by atoms with E-state index >= 15 is 0 Å². The molecule has 1 aliphatic carbocycles. The molecule has 114 valence electrons. The molecule has 0 heterocycles. The van der Waals surface area contributed by atoms with Gasteiger partial charge >= 0.3 is 0 Å². The first-order valence-electron chi connectivity index (χ1n) is 8.55. The Labute approximate surface area is 120 Å². The van der Waals surface area contributed by atoms with Crippen molar-refractivity contribution in [1.82, 2.24) is 5.32 Å². The molecule has 1 fully saturated rings. The Morgan fingerprint density at radius 2 is 1.74 bits per heavy atom. The molecule has 0 bridgehead atoms. The smallest absolute Gasteiger partial charge is 0.0693 e. The fourth-order valence-corrected chi connectivity index (χ4v) is 3.25. The van der Waals surface area contributed by atoms with Crippen LogP contribution in [0, 0.1) is 0 Å². The van der Waals surface area contributed by atoms with Gasteiger partial charge in [0.1, 0.15) is 0 Å². The number of hydrogen-bond acceptors (Lipinski definition) is 2. The van der Waals surface area contributed by atoms with Crippen molar-refractivity contribution in [1.29, 1.82) is 0 Å². The molecule has 0 radical (unpaired) electrons. The summed E-state index contributed by atoms with van der Waals surface area (Å²) in [6.45, 7) is 5.58. The molecule has 1 N–H and O–H groups in total. The summed E-state index contributed by atoms with van der Waals surface area (Å²) in [5.74, 6) is 0. The number of unbranched alkanes of at least 4 members (excludes halogenated alkanes) is 5. The van der Waals surface area contributed by atoms with Crippen LogP contribution in [0.1, 0.15) is 84.5 Å². The molecule has 0 aromatic carbocycles. The van der Waals surface area contributed by atoms with Gasteiger partial charge in [0, 0.05) is 13.2 Å². The average Bonchev–Trinajstić information content (AvgIpc) is 2.37. The zero-order chi connectivity index (χ0) is 14.0. The molecule has 0 aromatic heterocycles. The van der Waals surface area contributed by atoms with Gasteiger partial charge in [0.25, 0.3) is 0 Å². The normalized spacial score (nSPS) is 19.1. The Morgan fingerprint density at radius 1 is 1.05 bits per heavy atom. The molecule has 0 spiro atoms. The molecule has 1 unspecified atom stereocenters. The lowest BCUT2D eigenvalue weighted by atomic mass is 9.75. The van der Waals surface area contributed by atoms with Crippen LogP contribution in [0.5, 0.6) is 0 Å². The van der Waals surface area contributed by atoms with Crippen LogP contribution in [0.3, 0.4) is 0 Å². The molecular weight excluding hydrogens is 234 g/mol. The number of hydrogen-bond donors (Lipinski definition) is 1. The van der Waals surface area contributed by atoms with E-state index < -0.39 is 0 Å². The van der Waals surface area contributed by atoms with Gasteiger partial charge in [-0.1, -0.05) is 52.4 Å². The second-order valence-electron chi connectivity index (χ2n) is 6.26. The van der Waals surface area contributed by atoms with Crippen molar-refractivity contribution in [2.75, 3.05) is 13.7 Å². The summed E-state index contributed by atoms with van der Waals surface area (Å²) in [7, 11) is 1.90. The molecule has 19 heavy (non-hydrogen) atoms. The zero-order valence-electron chi connectivity index (χ0n) is 13.5. The van der Waals surface area contributed by atoms with Crippen molar-refractivity contribution in [2.24, 2.45) is 0 Å². The molecule has 0 amide bonds. The number of rotatable bonds is 12. The highest BCUT2D eigenvalue weighted by atomic mass is 16.5. The van der Waals surface area contributed by atoms with Gasteiger partial charge in [-0.05, 0) is 38.6 Å². The van der Waals surface area contributed by atoms with Gasteiger partial charge in [-0.2, -0.15) is 0 Å². The van der Waals surface area contributed by atoms with Crippen molar-refractivity contribution in [3.8, 4) is 0 Å². The van der Waals surface area contributed by atoms with E-state index in [2.05, 4.69) is 19.2 Å². The van der Waals surface area contributed by atoms with Crippen molar-refractivity contribution in [3.05, 3.63) is 0 Å². The van der Waals surface area contributed by atoms with Crippen LogP contribution in [0.15, 0.2) is 0 Å². The van der Waals surface area contributed by atoms with E-state index in [0.717, 1.165) is 6.54 Å². The van der Waals surface area contributed by atoms with Gasteiger partial charge in [0.05, 0.1) is 5.60 Å². The lowest BCUT2D eigenvalue weighted by molar-refractivity contribution is -0.0839. The standard InChI is InChI=1S/C17H35NO/c1-4-6-7-8-9-10-12-16(18-5-2)15-17(19-3)13-11-14-17/h16,18H,4-15H2,1-3H3. The molecule has 1 saturated carbocycles. The number of methoxy groups -OCH3 is 1. The molecular formula is C17H35NO. The first-order valence-corrected chi connectivity index (χ1v) is 8.55. The largest absolute Gasteiger partial charge is 0.378 e. The van der Waals surface area contributed by atoms with E-state index in [1.54, 1.807) is 0 Å². The fraction of sp³-hybridized carbons (Fsp3) is 1.00. The van der Waals surface area contributed by atoms with Gasteiger partial charge in [0.2, 0.25) is 0 Å². The topological polar surface area (TPSA) is 21.3 Å². The summed E-state index contributed by atoms with van der Waals surface area (Å²) >= 11 is 0. The quantitative estimate of drug-likeness (QED) is 0.520. The first-order chi connectivity index (χ1) is 9.26. The van der Waals surface area contributed by atoms with Crippen LogP contribution in [-0.2, 0) is 4.74 Å². The molecule has 2 nitrogen and oxygen atoms in total. The third kappa shape index (κ3) is 6.27. The minimum absolute atomic E-state index is 0.217. The van der Waals surface area contributed by atoms with E-state index in [1.807, 2.05) is 7.11 Å². The van der Waals surface area contributed by atoms with Crippen LogP contribution in [0.25, 0.3) is 0 Å². The Bertz CT molecular complexity index is 208. The summed E-state index contributed by atoms with van der Waals surface area (Å²) in [5.41, 5.74) is 0.217. The average molecular weight is 269 g/mol. The van der Waals surface area contributed by atoms with Crippen LogP contribution < -0.4 is 5.32 Å². The maximum Gasteiger partial charge on any atom is 0.0693 e. The number of nitrogens with one attached hydrogen (secondary N) is 1. The second kappa shape index (κ2) is 9.77. The van der Waals surface area contributed by atoms with Crippen LogP contribution in [0.2, 0.25) is 0 Å². The summed E-state index contributed by atoms with van der Waals surface area (Å²) in [6.07, 6.45) is 14.8. The van der Waals surface area contributed by atoms with E-state index in [4.69, 9.17) is 4.74 Å². The molecule has 1 atom stereocenters. The summed E-state index contributed by atoms with van der Waals surface area (Å²) in [5, 5.41) is 3.66. The first kappa shape index (κ1) is 17.0. The van der Waals surface area contributed by atoms with E-state index in [1.165, 1.54) is 70.6 Å². The monoisotopic (exact) mass is 269 g/mol. The predicted octanol–water partition coefficient (Wildman–Crippen LogP) is 4.67. The van der Waals surface area contributed by atoms with Crippen molar-refractivity contribution in [2.45, 2.75) is 96.1 Å². The predicted molar refractivity (Wildman–Crippen MR) is 83.7 cm³/mol. The molecule has 0 aliphatic heterocycles. The summed E-state index contributed by atoms with van der Waals surface area (Å²) < 4.78 is 5.77. The Hall–Kier alpha value is -0.0800. The molecule has 2 heteroatoms. The maximum atomic E-state index is 5.77. The van der Waals surface area contributed by atoms with Crippen LogP contribution in [0.4, 0.5) is 0 Å². The van der Waals surface area contributed by atoms with Gasteiger partial charge in [-0.15, -0.1) is 0 Å². The van der Waals surface area contributed by atoms with Crippen LogP contribution >= 0.6 is 0 Å². The maximum absolute atomic E-state index is 5.77. The van der Waals surface area contributed by atoms with Gasteiger partial charge < -0.3 is 10.1 Å². The third-order valence-corrected chi connectivity index (χ3v) is 4.72. The van der Waals surface area contributed by atoms with Gasteiger partial charge in [-0.25, -0.2) is 0 Å². The molecule has 1 rings (SSSR count). The molecule has 0 saturated heterocycles. The lowest BCUT2D eigenvalue weighted by Gasteiger charge is -2.43. The minimum Gasteiger partial charge on any atom is -0.378 e. The summed E-state index contributed by atoms with van der Waals surface area (Å²) in [4.78, 5) is 0. The third-order valence-electron chi connectivity index (χ3n) is 4.72. The zero-order valence-corrected chi connectivity index (χ0v) is 13.5. The SMILES string of the molecule is CCCCCCCCC(CC1(OC)CCC1)NCC. The minimum atomic E-state index is 0.217. The number of ether oxygens (including phenoxy) is 1. The van der Waals surface area contributed by atoms with E-state index in [9.17, 15) is 0 Å². The highest BCUT2D eigenvalue weighted by Crippen LogP contribution is 2.39. The molecule has 1 aliphatic rings. The second-order valence-corrected chi connectivity index (χ2v) is 6.26. The van der Waals surface area contributed by atoms with Crippen molar-refractivity contribution in [3.63, 3.8) is 0 Å². The molecule has 0 aromatic rings. The lowest BCUT2D eigenvalue weighted by Crippen LogP contribution is -2.45. The Kier molecular flexibility index (Phi) is 8.72. The van der Waals surface area contributed by atoms with Crippen LogP contribution in [-0.4, -0.2) is 25.3 Å². The Morgan fingerprint density at radius 3 is 2.26 bits per heavy atom. The Balaban J connectivity index is 2.17. The van der Waals surface area contributed by atoms with Gasteiger partial charge in [-0.3, -0.25) is 0 Å². The highest BCUT2D eigenvalue weighted by molar-refractivity contribution is 4.93. The van der Waals surface area contributed by atoms with Crippen molar-refractivity contribution < 1.29 is 4.74 Å². The summed E-state index contributed by atoms with van der Waals surface area (Å²) in [6, 6.07) is 0.663. The fourth-order valence-electron chi connectivity index (χ4n) is 3.25. The van der Waals surface area contributed by atoms with E-state index in [0.29, 0.717) is 6.04 Å². The highest BCUT2D eigenvalue weighted by Gasteiger charge is 2.38. The van der Waals surface area contributed by atoms with E-state index in [-0.39, 0.29) is 5.60 Å².